The second-order valence-electron chi connectivity index (χ2n) is 12.3. The fraction of sp³-hybridized carbons (Fsp3) is 0.450. The van der Waals surface area contributed by atoms with Crippen LogP contribution in [0.5, 0.6) is 0 Å². The summed E-state index contributed by atoms with van der Waals surface area (Å²) in [6.45, 7) is 8.82. The summed E-state index contributed by atoms with van der Waals surface area (Å²) >= 11 is 3.58. The van der Waals surface area contributed by atoms with Crippen LogP contribution in [-0.2, 0) is 21.6 Å². The summed E-state index contributed by atoms with van der Waals surface area (Å²) in [5, 5.41) is 0. The Hall–Kier alpha value is -2.22. The second kappa shape index (κ2) is 16.3. The molecular weight excluding hydrogens is 641 g/mol. The molecule has 0 bridgehead atoms. The van der Waals surface area contributed by atoms with Gasteiger partial charge in [0.15, 0.2) is 0 Å². The summed E-state index contributed by atoms with van der Waals surface area (Å²) in [6.07, 6.45) is 11.8. The SMILES string of the molecule is CCCCC1(CCCC)Sc2c(C#Cc3ccccc3)c3c(c(C#Cc4ccccc4)c2[S@]1=O)[S@](=O)C(CCCC)(CCCC)S3. The normalized spacial score (nSPS) is 18.6. The molecule has 0 N–H and O–H groups in total. The van der Waals surface area contributed by atoms with Crippen LogP contribution in [0.3, 0.4) is 0 Å². The molecule has 2 atom stereocenters. The average molecular weight is 687 g/mol. The van der Waals surface area contributed by atoms with Gasteiger partial charge in [-0.15, -0.1) is 23.5 Å². The lowest BCUT2D eigenvalue weighted by molar-refractivity contribution is 0.564. The molecule has 0 unspecified atom stereocenters. The zero-order valence-electron chi connectivity index (χ0n) is 27.7. The predicted molar refractivity (Wildman–Crippen MR) is 199 cm³/mol. The molecule has 0 saturated heterocycles. The largest absolute Gasteiger partial charge is 0.253 e. The summed E-state index contributed by atoms with van der Waals surface area (Å²) in [7, 11) is -2.64. The summed E-state index contributed by atoms with van der Waals surface area (Å²) in [6, 6.07) is 20.1. The minimum absolute atomic E-state index is 0.427. The molecule has 2 heterocycles. The van der Waals surface area contributed by atoms with E-state index in [0.717, 1.165) is 119 Å². The van der Waals surface area contributed by atoms with Gasteiger partial charge in [0.05, 0.1) is 42.5 Å². The summed E-state index contributed by atoms with van der Waals surface area (Å²) in [4.78, 5) is 3.59. The smallest absolute Gasteiger partial charge is 0.100 e. The highest BCUT2D eigenvalue weighted by atomic mass is 32.2. The van der Waals surface area contributed by atoms with E-state index in [1.54, 1.807) is 23.5 Å². The molecule has 0 saturated carbocycles. The molecule has 3 aromatic carbocycles. The number of fused-ring (bicyclic) bond motifs is 2. The number of thioether (sulfide) groups is 2. The van der Waals surface area contributed by atoms with Gasteiger partial charge in [-0.1, -0.05) is 139 Å². The molecule has 0 aromatic heterocycles. The van der Waals surface area contributed by atoms with Crippen LogP contribution in [0.15, 0.2) is 80.2 Å². The van der Waals surface area contributed by atoms with Gasteiger partial charge in [-0.05, 0) is 49.9 Å². The minimum Gasteiger partial charge on any atom is -0.253 e. The van der Waals surface area contributed by atoms with Gasteiger partial charge in [-0.25, -0.2) is 0 Å². The van der Waals surface area contributed by atoms with E-state index < -0.39 is 29.8 Å². The molecule has 0 spiro atoms. The molecule has 0 radical (unpaired) electrons. The van der Waals surface area contributed by atoms with E-state index in [1.807, 2.05) is 60.7 Å². The lowest BCUT2D eigenvalue weighted by atomic mass is 10.1. The predicted octanol–water partition coefficient (Wildman–Crippen LogP) is 11.1. The van der Waals surface area contributed by atoms with E-state index in [0.29, 0.717) is 0 Å². The van der Waals surface area contributed by atoms with E-state index >= 15 is 8.42 Å². The van der Waals surface area contributed by atoms with Gasteiger partial charge >= 0.3 is 0 Å². The monoisotopic (exact) mass is 686 g/mol. The molecule has 46 heavy (non-hydrogen) atoms. The number of hydrogen-bond donors (Lipinski definition) is 0. The molecule has 2 aliphatic heterocycles. The topological polar surface area (TPSA) is 34.1 Å². The van der Waals surface area contributed by atoms with Crippen LogP contribution in [0, 0.1) is 23.7 Å². The highest BCUT2D eigenvalue weighted by Gasteiger charge is 2.53. The summed E-state index contributed by atoms with van der Waals surface area (Å²) < 4.78 is 29.3. The first kappa shape index (κ1) is 35.1. The highest BCUT2D eigenvalue weighted by molar-refractivity contribution is 8.16. The number of unbranched alkanes of at least 4 members (excludes halogenated alkanes) is 4. The van der Waals surface area contributed by atoms with E-state index in [1.165, 1.54) is 0 Å². The standard InChI is InChI=1S/C40H46O2S4/c1-5-9-27-39(28-10-6-2)43-35-33(25-23-31-19-15-13-16-20-31)36-38(46(42)40(44-36,29-11-7-3)30-12-8-4)34(37(35)45(39)41)26-24-32-21-17-14-18-22-32/h13-22H,5-12,27-30H2,1-4H3/t45-,46+. The zero-order valence-corrected chi connectivity index (χ0v) is 31.0. The van der Waals surface area contributed by atoms with E-state index in [-0.39, 0.29) is 0 Å². The van der Waals surface area contributed by atoms with Crippen molar-refractivity contribution in [1.29, 1.82) is 0 Å². The average Bonchev–Trinajstić information content (AvgIpc) is 3.54. The summed E-state index contributed by atoms with van der Waals surface area (Å²) in [5.41, 5.74) is 3.50. The Morgan fingerprint density at radius 3 is 1.22 bits per heavy atom. The second-order valence-corrected chi connectivity index (χ2v) is 19.0. The maximum Gasteiger partial charge on any atom is 0.100 e. The molecule has 2 nitrogen and oxygen atoms in total. The zero-order chi connectivity index (χ0) is 32.6. The molecule has 242 valence electrons. The lowest BCUT2D eigenvalue weighted by Crippen LogP contribution is -2.28. The van der Waals surface area contributed by atoms with Gasteiger partial charge in [-0.2, -0.15) is 0 Å². The highest BCUT2D eigenvalue weighted by Crippen LogP contribution is 2.63. The first-order valence-corrected chi connectivity index (χ1v) is 21.0. The molecule has 5 rings (SSSR count). The van der Waals surface area contributed by atoms with Crippen molar-refractivity contribution in [2.75, 3.05) is 0 Å². The number of rotatable bonds is 12. The van der Waals surface area contributed by atoms with Gasteiger partial charge < -0.3 is 0 Å². The van der Waals surface area contributed by atoms with Crippen LogP contribution in [0.4, 0.5) is 0 Å². The van der Waals surface area contributed by atoms with Crippen molar-refractivity contribution >= 4 is 45.1 Å². The molecule has 0 aliphatic carbocycles. The maximum atomic E-state index is 15.1. The van der Waals surface area contributed by atoms with Gasteiger partial charge in [0.25, 0.3) is 0 Å². The van der Waals surface area contributed by atoms with Crippen LogP contribution in [0.1, 0.15) is 127 Å². The first-order chi connectivity index (χ1) is 22.4. The fourth-order valence-corrected chi connectivity index (χ4v) is 14.5. The van der Waals surface area contributed by atoms with Crippen molar-refractivity contribution in [3.63, 3.8) is 0 Å². The van der Waals surface area contributed by atoms with Gasteiger partial charge in [0.1, 0.15) is 8.16 Å². The first-order valence-electron chi connectivity index (χ1n) is 17.0. The third kappa shape index (κ3) is 7.27. The Bertz CT molecular complexity index is 1610. The van der Waals surface area contributed by atoms with Crippen LogP contribution < -0.4 is 0 Å². The van der Waals surface area contributed by atoms with Crippen molar-refractivity contribution in [2.24, 2.45) is 0 Å². The van der Waals surface area contributed by atoms with Crippen LogP contribution in [-0.4, -0.2) is 16.6 Å². The Kier molecular flexibility index (Phi) is 12.4. The third-order valence-corrected chi connectivity index (χ3v) is 17.0. The third-order valence-electron chi connectivity index (χ3n) is 8.80. The van der Waals surface area contributed by atoms with Crippen LogP contribution in [0.2, 0.25) is 0 Å². The fourth-order valence-electron chi connectivity index (χ4n) is 6.18. The minimum atomic E-state index is -1.32. The van der Waals surface area contributed by atoms with Crippen LogP contribution in [0.25, 0.3) is 0 Å². The number of hydrogen-bond acceptors (Lipinski definition) is 4. The maximum absolute atomic E-state index is 15.1. The molecule has 2 aliphatic rings. The quantitative estimate of drug-likeness (QED) is 0.178. The van der Waals surface area contributed by atoms with Crippen molar-refractivity contribution in [2.45, 2.75) is 132 Å². The van der Waals surface area contributed by atoms with Gasteiger partial charge in [0, 0.05) is 20.9 Å². The Balaban J connectivity index is 1.82. The van der Waals surface area contributed by atoms with Gasteiger partial charge in [-0.3, -0.25) is 8.42 Å². The molecular formula is C40H46O2S4. The Morgan fingerprint density at radius 1 is 0.522 bits per heavy atom. The van der Waals surface area contributed by atoms with E-state index in [4.69, 9.17) is 0 Å². The number of benzene rings is 3. The van der Waals surface area contributed by atoms with Crippen molar-refractivity contribution < 1.29 is 8.42 Å². The summed E-state index contributed by atoms with van der Waals surface area (Å²) in [5.74, 6) is 13.9. The Morgan fingerprint density at radius 2 is 0.870 bits per heavy atom. The van der Waals surface area contributed by atoms with E-state index in [9.17, 15) is 0 Å². The van der Waals surface area contributed by atoms with Crippen molar-refractivity contribution in [3.8, 4) is 23.7 Å². The lowest BCUT2D eigenvalue weighted by Gasteiger charge is -2.27. The Labute approximate surface area is 291 Å². The van der Waals surface area contributed by atoms with E-state index in [2.05, 4.69) is 51.4 Å². The molecule has 0 fully saturated rings. The molecule has 3 aromatic rings. The van der Waals surface area contributed by atoms with Crippen molar-refractivity contribution in [1.82, 2.24) is 0 Å². The van der Waals surface area contributed by atoms with Crippen molar-refractivity contribution in [3.05, 3.63) is 82.9 Å². The molecule has 6 heteroatoms. The van der Waals surface area contributed by atoms with Crippen LogP contribution >= 0.6 is 23.5 Å². The molecule has 0 amide bonds. The van der Waals surface area contributed by atoms with Gasteiger partial charge in [0.2, 0.25) is 0 Å².